The third kappa shape index (κ3) is 7.18. The van der Waals surface area contributed by atoms with E-state index in [1.54, 1.807) is 0 Å². The first kappa shape index (κ1) is 24.0. The molecule has 0 radical (unpaired) electrons. The van der Waals surface area contributed by atoms with Crippen LogP contribution in [-0.2, 0) is 24.8 Å². The van der Waals surface area contributed by atoms with Crippen molar-refractivity contribution in [3.8, 4) is 0 Å². The Morgan fingerprint density at radius 1 is 1.21 bits per heavy atom. The molecule has 3 unspecified atom stereocenters. The van der Waals surface area contributed by atoms with Crippen molar-refractivity contribution in [3.63, 3.8) is 0 Å². The van der Waals surface area contributed by atoms with Crippen LogP contribution in [0.4, 0.5) is 5.82 Å². The predicted molar refractivity (Wildman–Crippen MR) is 113 cm³/mol. The lowest BCUT2D eigenvalue weighted by atomic mass is 10.2. The molecular weight excluding hydrogens is 416 g/mol. The molecule has 1 aliphatic rings. The van der Waals surface area contributed by atoms with Crippen LogP contribution in [0.1, 0.15) is 40.5 Å². The molecule has 1 fully saturated rings. The van der Waals surface area contributed by atoms with Crippen LogP contribution in [0.2, 0.25) is 0 Å². The fourth-order valence-corrected chi connectivity index (χ4v) is 5.98. The Hall–Kier alpha value is -1.27. The van der Waals surface area contributed by atoms with Crippen molar-refractivity contribution >= 4 is 25.9 Å². The van der Waals surface area contributed by atoms with E-state index in [-0.39, 0.29) is 35.4 Å². The molecule has 0 saturated carbocycles. The lowest BCUT2D eigenvalue weighted by Crippen LogP contribution is -2.49. The Bertz CT molecular complexity index is 849. The van der Waals surface area contributed by atoms with Gasteiger partial charge in [0.1, 0.15) is 10.7 Å². The molecule has 29 heavy (non-hydrogen) atoms. The topological polar surface area (TPSA) is 118 Å². The van der Waals surface area contributed by atoms with Gasteiger partial charge in [0.25, 0.3) is 0 Å². The van der Waals surface area contributed by atoms with Gasteiger partial charge in [-0.1, -0.05) is 13.3 Å². The number of rotatable bonds is 10. The van der Waals surface area contributed by atoms with Crippen molar-refractivity contribution < 1.29 is 21.6 Å². The summed E-state index contributed by atoms with van der Waals surface area (Å²) in [4.78, 5) is 4.17. The van der Waals surface area contributed by atoms with E-state index in [1.165, 1.54) is 22.6 Å². The van der Waals surface area contributed by atoms with Gasteiger partial charge in [-0.3, -0.25) is 0 Å². The van der Waals surface area contributed by atoms with Crippen LogP contribution in [0, 0.1) is 0 Å². The molecule has 3 atom stereocenters. The average molecular weight is 449 g/mol. The van der Waals surface area contributed by atoms with Crippen molar-refractivity contribution in [2.24, 2.45) is 0 Å². The van der Waals surface area contributed by atoms with Gasteiger partial charge in [0.05, 0.1) is 18.0 Å². The molecule has 2 heterocycles. The van der Waals surface area contributed by atoms with E-state index < -0.39 is 20.0 Å². The zero-order valence-corrected chi connectivity index (χ0v) is 19.1. The number of ether oxygens (including phenoxy) is 1. The van der Waals surface area contributed by atoms with Crippen molar-refractivity contribution in [1.29, 1.82) is 0 Å². The quantitative estimate of drug-likeness (QED) is 0.555. The second-order valence-electron chi connectivity index (χ2n) is 7.51. The monoisotopic (exact) mass is 448 g/mol. The SMILES string of the molecule is CCCC(C)NS(=O)(=O)c1ccc(NCCS(=O)(=O)N2CC(C)OC(C)C2)nc1. The maximum atomic E-state index is 12.5. The summed E-state index contributed by atoms with van der Waals surface area (Å²) in [5.74, 6) is 0.342. The highest BCUT2D eigenvalue weighted by Crippen LogP contribution is 2.15. The minimum Gasteiger partial charge on any atom is -0.373 e. The number of pyridine rings is 1. The molecule has 0 aromatic carbocycles. The average Bonchev–Trinajstić information content (AvgIpc) is 2.61. The fourth-order valence-electron chi connectivity index (χ4n) is 3.26. The lowest BCUT2D eigenvalue weighted by molar-refractivity contribution is -0.0440. The molecule has 0 bridgehead atoms. The van der Waals surface area contributed by atoms with Gasteiger partial charge < -0.3 is 10.1 Å². The van der Waals surface area contributed by atoms with Gasteiger partial charge in [-0.25, -0.2) is 26.5 Å². The molecule has 0 spiro atoms. The third-order valence-electron chi connectivity index (χ3n) is 4.57. The summed E-state index contributed by atoms with van der Waals surface area (Å²) in [6.07, 6.45) is 2.64. The van der Waals surface area contributed by atoms with Crippen molar-refractivity contribution in [2.45, 2.75) is 63.7 Å². The Balaban J connectivity index is 1.90. The van der Waals surface area contributed by atoms with Crippen molar-refractivity contribution in [3.05, 3.63) is 18.3 Å². The second kappa shape index (κ2) is 10.2. The molecule has 0 aliphatic carbocycles. The van der Waals surface area contributed by atoms with Gasteiger partial charge in [0.2, 0.25) is 20.0 Å². The molecule has 1 saturated heterocycles. The molecule has 1 aromatic heterocycles. The van der Waals surface area contributed by atoms with Gasteiger partial charge in [-0.05, 0) is 39.3 Å². The first-order valence-electron chi connectivity index (χ1n) is 9.89. The number of nitrogens with one attached hydrogen (secondary N) is 2. The number of morpholine rings is 1. The van der Waals surface area contributed by atoms with Gasteiger partial charge in [-0.15, -0.1) is 0 Å². The van der Waals surface area contributed by atoms with Crippen LogP contribution in [0.25, 0.3) is 0 Å². The van der Waals surface area contributed by atoms with Crippen LogP contribution >= 0.6 is 0 Å². The van der Waals surface area contributed by atoms with Gasteiger partial charge >= 0.3 is 0 Å². The molecule has 1 aromatic rings. The second-order valence-corrected chi connectivity index (χ2v) is 11.3. The summed E-state index contributed by atoms with van der Waals surface area (Å²) >= 11 is 0. The lowest BCUT2D eigenvalue weighted by Gasteiger charge is -2.34. The number of hydrogen-bond donors (Lipinski definition) is 2. The van der Waals surface area contributed by atoms with E-state index in [9.17, 15) is 16.8 Å². The minimum atomic E-state index is -3.62. The molecule has 2 rings (SSSR count). The normalized spacial score (nSPS) is 22.3. The summed E-state index contributed by atoms with van der Waals surface area (Å²) in [6, 6.07) is 2.83. The van der Waals surface area contributed by atoms with Crippen molar-refractivity contribution in [2.75, 3.05) is 30.7 Å². The van der Waals surface area contributed by atoms with Gasteiger partial charge in [-0.2, -0.15) is 4.31 Å². The summed E-state index contributed by atoms with van der Waals surface area (Å²) in [5, 5.41) is 2.94. The van der Waals surface area contributed by atoms with Crippen LogP contribution in [0.3, 0.4) is 0 Å². The molecule has 2 N–H and O–H groups in total. The van der Waals surface area contributed by atoms with Crippen molar-refractivity contribution in [1.82, 2.24) is 14.0 Å². The van der Waals surface area contributed by atoms with Gasteiger partial charge in [0.15, 0.2) is 0 Å². The molecular formula is C18H32N4O5S2. The Labute approximate surface area is 174 Å². The third-order valence-corrected chi connectivity index (χ3v) is 7.95. The van der Waals surface area contributed by atoms with E-state index in [0.717, 1.165) is 12.8 Å². The highest BCUT2D eigenvalue weighted by molar-refractivity contribution is 7.89. The largest absolute Gasteiger partial charge is 0.373 e. The zero-order chi connectivity index (χ0) is 21.7. The summed E-state index contributed by atoms with van der Waals surface area (Å²) in [6.45, 7) is 8.39. The highest BCUT2D eigenvalue weighted by atomic mass is 32.2. The smallest absolute Gasteiger partial charge is 0.242 e. The van der Waals surface area contributed by atoms with Crippen LogP contribution in [0.5, 0.6) is 0 Å². The Morgan fingerprint density at radius 3 is 2.41 bits per heavy atom. The first-order valence-corrected chi connectivity index (χ1v) is 13.0. The highest BCUT2D eigenvalue weighted by Gasteiger charge is 2.30. The van der Waals surface area contributed by atoms with E-state index in [1.807, 2.05) is 27.7 Å². The van der Waals surface area contributed by atoms with E-state index in [4.69, 9.17) is 4.74 Å². The number of anilines is 1. The number of sulfonamides is 2. The Kier molecular flexibility index (Phi) is 8.41. The standard InChI is InChI=1S/C18H32N4O5S2/c1-5-6-14(2)21-29(25,26)17-7-8-18(20-11-17)19-9-10-28(23,24)22-12-15(3)27-16(4)13-22/h7-8,11,14-16,21H,5-6,9-10,12-13H2,1-4H3,(H,19,20). The fraction of sp³-hybridized carbons (Fsp3) is 0.722. The first-order chi connectivity index (χ1) is 13.5. The van der Waals surface area contributed by atoms with Crippen LogP contribution in [-0.4, -0.2) is 69.8 Å². The predicted octanol–water partition coefficient (Wildman–Crippen LogP) is 1.40. The molecule has 1 aliphatic heterocycles. The molecule has 11 heteroatoms. The number of aromatic nitrogens is 1. The maximum Gasteiger partial charge on any atom is 0.242 e. The van der Waals surface area contributed by atoms with E-state index in [0.29, 0.717) is 18.9 Å². The van der Waals surface area contributed by atoms with Crippen LogP contribution < -0.4 is 10.0 Å². The molecule has 9 nitrogen and oxygen atoms in total. The number of hydrogen-bond acceptors (Lipinski definition) is 7. The summed E-state index contributed by atoms with van der Waals surface area (Å²) in [5.41, 5.74) is 0. The summed E-state index contributed by atoms with van der Waals surface area (Å²) < 4.78 is 59.4. The molecule has 0 amide bonds. The van der Waals surface area contributed by atoms with Gasteiger partial charge in [0, 0.05) is 31.9 Å². The molecule has 166 valence electrons. The Morgan fingerprint density at radius 2 is 1.86 bits per heavy atom. The maximum absolute atomic E-state index is 12.5. The minimum absolute atomic E-state index is 0.0786. The van der Waals surface area contributed by atoms with E-state index >= 15 is 0 Å². The summed E-state index contributed by atoms with van der Waals surface area (Å²) in [7, 11) is -7.03. The number of nitrogens with zero attached hydrogens (tertiary/aromatic N) is 2. The van der Waals surface area contributed by atoms with Crippen LogP contribution in [0.15, 0.2) is 23.2 Å². The van der Waals surface area contributed by atoms with E-state index in [2.05, 4.69) is 15.0 Å². The zero-order valence-electron chi connectivity index (χ0n) is 17.5.